The van der Waals surface area contributed by atoms with Crippen LogP contribution in [-0.4, -0.2) is 33.4 Å². The molecule has 0 aliphatic carbocycles. The Kier molecular flexibility index (Phi) is 5.35. The Morgan fingerprint density at radius 3 is 2.92 bits per heavy atom. The molecule has 1 N–H and O–H groups in total. The standard InChI is InChI=1S/C19H24N4O3/c1-4-15-18(12(2)26-22-15)19(25)23-10-6-9-17(23)16-8-5-7-14(21-16)11-20-13(3)24/h5,7-8,17H,4,6,9-11H2,1-3H3,(H,20,24)/t17-/m1/s1. The second-order valence-electron chi connectivity index (χ2n) is 6.53. The van der Waals surface area contributed by atoms with Gasteiger partial charge < -0.3 is 14.7 Å². The highest BCUT2D eigenvalue weighted by Crippen LogP contribution is 2.33. The molecular formula is C19H24N4O3. The molecule has 3 heterocycles. The molecule has 0 unspecified atom stereocenters. The Morgan fingerprint density at radius 2 is 2.19 bits per heavy atom. The number of hydrogen-bond donors (Lipinski definition) is 1. The molecule has 1 fully saturated rings. The van der Waals surface area contributed by atoms with Crippen LogP contribution >= 0.6 is 0 Å². The van der Waals surface area contributed by atoms with Gasteiger partial charge in [-0.15, -0.1) is 0 Å². The van der Waals surface area contributed by atoms with Gasteiger partial charge in [-0.3, -0.25) is 14.6 Å². The highest BCUT2D eigenvalue weighted by atomic mass is 16.5. The first kappa shape index (κ1) is 18.1. The van der Waals surface area contributed by atoms with Crippen molar-refractivity contribution in [2.75, 3.05) is 6.54 Å². The molecule has 1 atom stereocenters. The fourth-order valence-corrected chi connectivity index (χ4v) is 3.39. The molecule has 2 aromatic rings. The van der Waals surface area contributed by atoms with Gasteiger partial charge in [0.05, 0.1) is 29.7 Å². The topological polar surface area (TPSA) is 88.3 Å². The molecule has 1 aliphatic heterocycles. The predicted molar refractivity (Wildman–Crippen MR) is 95.4 cm³/mol. The molecule has 2 amide bonds. The minimum absolute atomic E-state index is 0.0443. The van der Waals surface area contributed by atoms with Gasteiger partial charge in [-0.05, 0) is 38.3 Å². The van der Waals surface area contributed by atoms with Gasteiger partial charge >= 0.3 is 0 Å². The van der Waals surface area contributed by atoms with E-state index >= 15 is 0 Å². The quantitative estimate of drug-likeness (QED) is 0.889. The first-order valence-corrected chi connectivity index (χ1v) is 8.97. The SMILES string of the molecule is CCc1noc(C)c1C(=O)N1CCC[C@@H]1c1cccc(CNC(C)=O)n1. The van der Waals surface area contributed by atoms with Crippen molar-refractivity contribution in [2.45, 2.75) is 52.6 Å². The molecule has 0 saturated carbocycles. The summed E-state index contributed by atoms with van der Waals surface area (Å²) in [4.78, 5) is 30.8. The van der Waals surface area contributed by atoms with E-state index in [1.54, 1.807) is 6.92 Å². The third-order valence-corrected chi connectivity index (χ3v) is 4.68. The number of pyridine rings is 1. The van der Waals surface area contributed by atoms with E-state index in [9.17, 15) is 9.59 Å². The maximum absolute atomic E-state index is 13.1. The summed E-state index contributed by atoms with van der Waals surface area (Å²) in [6.07, 6.45) is 2.45. The van der Waals surface area contributed by atoms with Gasteiger partial charge in [0.25, 0.3) is 5.91 Å². The van der Waals surface area contributed by atoms with Crippen molar-refractivity contribution < 1.29 is 14.1 Å². The summed E-state index contributed by atoms with van der Waals surface area (Å²) in [6, 6.07) is 5.66. The fourth-order valence-electron chi connectivity index (χ4n) is 3.39. The molecule has 1 saturated heterocycles. The third kappa shape index (κ3) is 3.61. The van der Waals surface area contributed by atoms with E-state index in [1.165, 1.54) is 6.92 Å². The van der Waals surface area contributed by atoms with Crippen LogP contribution in [0, 0.1) is 6.92 Å². The van der Waals surface area contributed by atoms with E-state index < -0.39 is 0 Å². The molecule has 138 valence electrons. The van der Waals surface area contributed by atoms with Gasteiger partial charge in [0, 0.05) is 13.5 Å². The Labute approximate surface area is 152 Å². The fraction of sp³-hybridized carbons (Fsp3) is 0.474. The van der Waals surface area contributed by atoms with Crippen molar-refractivity contribution in [3.63, 3.8) is 0 Å². The summed E-state index contributed by atoms with van der Waals surface area (Å²) in [5.41, 5.74) is 2.91. The minimum atomic E-state index is -0.0927. The number of amides is 2. The lowest BCUT2D eigenvalue weighted by Gasteiger charge is -2.24. The van der Waals surface area contributed by atoms with Gasteiger partial charge in [0.15, 0.2) is 0 Å². The van der Waals surface area contributed by atoms with Crippen molar-refractivity contribution in [3.8, 4) is 0 Å². The maximum atomic E-state index is 13.1. The maximum Gasteiger partial charge on any atom is 0.259 e. The number of hydrogen-bond acceptors (Lipinski definition) is 5. The minimum Gasteiger partial charge on any atom is -0.361 e. The number of likely N-dealkylation sites (tertiary alicyclic amines) is 1. The van der Waals surface area contributed by atoms with Gasteiger partial charge in [-0.25, -0.2) is 0 Å². The second-order valence-corrected chi connectivity index (χ2v) is 6.53. The predicted octanol–water partition coefficient (Wildman–Crippen LogP) is 2.55. The number of carbonyl (C=O) groups is 2. The smallest absolute Gasteiger partial charge is 0.259 e. The monoisotopic (exact) mass is 356 g/mol. The van der Waals surface area contributed by atoms with Crippen LogP contribution in [0.15, 0.2) is 22.7 Å². The van der Waals surface area contributed by atoms with Crippen molar-refractivity contribution >= 4 is 11.8 Å². The molecule has 26 heavy (non-hydrogen) atoms. The van der Waals surface area contributed by atoms with E-state index in [-0.39, 0.29) is 17.9 Å². The molecular weight excluding hydrogens is 332 g/mol. The Balaban J connectivity index is 1.84. The van der Waals surface area contributed by atoms with Gasteiger partial charge in [-0.2, -0.15) is 0 Å². The highest BCUT2D eigenvalue weighted by Gasteiger charge is 2.34. The van der Waals surface area contributed by atoms with Crippen molar-refractivity contribution in [1.29, 1.82) is 0 Å². The zero-order chi connectivity index (χ0) is 18.7. The summed E-state index contributed by atoms with van der Waals surface area (Å²) in [6.45, 7) is 6.29. The van der Waals surface area contributed by atoms with Gasteiger partial charge in [0.2, 0.25) is 5.91 Å². The lowest BCUT2D eigenvalue weighted by Crippen LogP contribution is -2.32. The summed E-state index contributed by atoms with van der Waals surface area (Å²) >= 11 is 0. The van der Waals surface area contributed by atoms with Crippen LogP contribution in [0.5, 0.6) is 0 Å². The van der Waals surface area contributed by atoms with Crippen LogP contribution < -0.4 is 5.32 Å². The highest BCUT2D eigenvalue weighted by molar-refractivity contribution is 5.96. The zero-order valence-electron chi connectivity index (χ0n) is 15.4. The van der Waals surface area contributed by atoms with Crippen LogP contribution in [0.1, 0.15) is 65.9 Å². The molecule has 0 radical (unpaired) electrons. The van der Waals surface area contributed by atoms with Gasteiger partial charge in [-0.1, -0.05) is 18.1 Å². The van der Waals surface area contributed by atoms with Crippen LogP contribution in [0.2, 0.25) is 0 Å². The van der Waals surface area contributed by atoms with Crippen LogP contribution in [-0.2, 0) is 17.8 Å². The number of carbonyl (C=O) groups excluding carboxylic acids is 2. The number of rotatable bonds is 5. The summed E-state index contributed by atoms with van der Waals surface area (Å²) in [5, 5.41) is 6.76. The number of aromatic nitrogens is 2. The molecule has 1 aliphatic rings. The van der Waals surface area contributed by atoms with Crippen LogP contribution in [0.3, 0.4) is 0 Å². The molecule has 7 nitrogen and oxygen atoms in total. The zero-order valence-corrected chi connectivity index (χ0v) is 15.4. The normalized spacial score (nSPS) is 16.7. The Morgan fingerprint density at radius 1 is 1.38 bits per heavy atom. The third-order valence-electron chi connectivity index (χ3n) is 4.68. The van der Waals surface area contributed by atoms with Crippen molar-refractivity contribution in [2.24, 2.45) is 0 Å². The Bertz CT molecular complexity index is 815. The number of nitrogens with zero attached hydrogens (tertiary/aromatic N) is 3. The molecule has 2 aromatic heterocycles. The summed E-state index contributed by atoms with van der Waals surface area (Å²) in [7, 11) is 0. The largest absolute Gasteiger partial charge is 0.361 e. The lowest BCUT2D eigenvalue weighted by atomic mass is 10.1. The average molecular weight is 356 g/mol. The van der Waals surface area contributed by atoms with Crippen LogP contribution in [0.4, 0.5) is 0 Å². The first-order chi connectivity index (χ1) is 12.5. The van der Waals surface area contributed by atoms with E-state index in [2.05, 4.69) is 15.5 Å². The summed E-state index contributed by atoms with van der Waals surface area (Å²) in [5.74, 6) is 0.423. The van der Waals surface area contributed by atoms with E-state index in [1.807, 2.05) is 30.0 Å². The van der Waals surface area contributed by atoms with E-state index in [0.717, 1.165) is 24.2 Å². The van der Waals surface area contributed by atoms with Crippen molar-refractivity contribution in [1.82, 2.24) is 20.4 Å². The lowest BCUT2D eigenvalue weighted by molar-refractivity contribution is -0.119. The van der Waals surface area contributed by atoms with E-state index in [0.29, 0.717) is 36.5 Å². The average Bonchev–Trinajstić information content (AvgIpc) is 3.26. The van der Waals surface area contributed by atoms with Crippen molar-refractivity contribution in [3.05, 3.63) is 46.6 Å². The van der Waals surface area contributed by atoms with Crippen LogP contribution in [0.25, 0.3) is 0 Å². The molecule has 7 heteroatoms. The molecule has 3 rings (SSSR count). The van der Waals surface area contributed by atoms with Gasteiger partial charge in [0.1, 0.15) is 11.3 Å². The number of nitrogens with one attached hydrogen (secondary N) is 1. The summed E-state index contributed by atoms with van der Waals surface area (Å²) < 4.78 is 5.23. The van der Waals surface area contributed by atoms with E-state index in [4.69, 9.17) is 4.52 Å². The molecule has 0 bridgehead atoms. The first-order valence-electron chi connectivity index (χ1n) is 8.97. The molecule has 0 aromatic carbocycles. The second kappa shape index (κ2) is 7.68. The Hall–Kier alpha value is -2.70. The molecule has 0 spiro atoms. The number of aryl methyl sites for hydroxylation is 2.